The minimum absolute atomic E-state index is 0. The molecule has 6 heteroatoms. The molecule has 2 rings (SSSR count). The Morgan fingerprint density at radius 2 is 1.81 bits per heavy atom. The van der Waals surface area contributed by atoms with Crippen molar-refractivity contribution >= 4 is 30.7 Å². The van der Waals surface area contributed by atoms with Crippen LogP contribution in [0.3, 0.4) is 0 Å². The van der Waals surface area contributed by atoms with Gasteiger partial charge in [0.05, 0.1) is 6.04 Å². The molecule has 2 N–H and O–H groups in total. The average molecular weight is 334 g/mol. The first-order valence-corrected chi connectivity index (χ1v) is 6.95. The quantitative estimate of drug-likeness (QED) is 0.882. The highest BCUT2D eigenvalue weighted by atomic mass is 35.5. The fourth-order valence-corrected chi connectivity index (χ4v) is 2.28. The second kappa shape index (κ2) is 10.0. The van der Waals surface area contributed by atoms with Crippen LogP contribution in [0.2, 0.25) is 0 Å². The molecule has 0 radical (unpaired) electrons. The molecular weight excluding hydrogens is 309 g/mol. The molecule has 0 aliphatic carbocycles. The van der Waals surface area contributed by atoms with Gasteiger partial charge in [0, 0.05) is 32.7 Å². The standard InChI is InChI=1S/C15H23N3O.2ClH/c1-12-3-5-14(6-4-12)11-17-15(19)13(2)18-9-7-16-8-10-18;;/h3-6,13,16H,7-11H2,1-2H3,(H,17,19);2*1H. The van der Waals surface area contributed by atoms with Gasteiger partial charge in [0.15, 0.2) is 0 Å². The van der Waals surface area contributed by atoms with E-state index >= 15 is 0 Å². The van der Waals surface area contributed by atoms with Crippen molar-refractivity contribution in [2.24, 2.45) is 0 Å². The van der Waals surface area contributed by atoms with Crippen LogP contribution in [0.4, 0.5) is 0 Å². The largest absolute Gasteiger partial charge is 0.351 e. The first kappa shape index (κ1) is 20.2. The van der Waals surface area contributed by atoms with Crippen LogP contribution in [0.15, 0.2) is 24.3 Å². The van der Waals surface area contributed by atoms with E-state index in [9.17, 15) is 4.79 Å². The third-order valence-electron chi connectivity index (χ3n) is 3.67. The predicted octanol–water partition coefficient (Wildman–Crippen LogP) is 1.75. The maximum absolute atomic E-state index is 12.1. The number of halogens is 2. The Hall–Kier alpha value is -0.810. The van der Waals surface area contributed by atoms with Crippen LogP contribution < -0.4 is 10.6 Å². The zero-order valence-electron chi connectivity index (χ0n) is 12.6. The maximum atomic E-state index is 12.1. The molecule has 0 aromatic heterocycles. The smallest absolute Gasteiger partial charge is 0.237 e. The van der Waals surface area contributed by atoms with E-state index in [1.54, 1.807) is 0 Å². The molecule has 1 atom stereocenters. The summed E-state index contributed by atoms with van der Waals surface area (Å²) in [5, 5.41) is 6.31. The Labute approximate surface area is 139 Å². The lowest BCUT2D eigenvalue weighted by Crippen LogP contribution is -2.52. The normalized spacial score (nSPS) is 16.3. The molecule has 1 unspecified atom stereocenters. The lowest BCUT2D eigenvalue weighted by atomic mass is 10.1. The first-order chi connectivity index (χ1) is 9.16. The lowest BCUT2D eigenvalue weighted by Gasteiger charge is -2.31. The van der Waals surface area contributed by atoms with Crippen LogP contribution in [-0.2, 0) is 11.3 Å². The number of piperazine rings is 1. The van der Waals surface area contributed by atoms with Crippen molar-refractivity contribution in [3.8, 4) is 0 Å². The summed E-state index contributed by atoms with van der Waals surface area (Å²) in [7, 11) is 0. The summed E-state index contributed by atoms with van der Waals surface area (Å²) in [4.78, 5) is 14.3. The van der Waals surface area contributed by atoms with Gasteiger partial charge in [-0.2, -0.15) is 0 Å². The highest BCUT2D eigenvalue weighted by Gasteiger charge is 2.22. The van der Waals surface area contributed by atoms with E-state index in [4.69, 9.17) is 0 Å². The van der Waals surface area contributed by atoms with E-state index in [0.717, 1.165) is 31.7 Å². The van der Waals surface area contributed by atoms with Gasteiger partial charge in [-0.15, -0.1) is 24.8 Å². The van der Waals surface area contributed by atoms with Crippen molar-refractivity contribution in [3.05, 3.63) is 35.4 Å². The van der Waals surface area contributed by atoms with Crippen LogP contribution in [0, 0.1) is 6.92 Å². The predicted molar refractivity (Wildman–Crippen MR) is 91.4 cm³/mol. The summed E-state index contributed by atoms with van der Waals surface area (Å²) in [6.45, 7) is 8.48. The van der Waals surface area contributed by atoms with Crippen molar-refractivity contribution < 1.29 is 4.79 Å². The van der Waals surface area contributed by atoms with Crippen LogP contribution in [0.5, 0.6) is 0 Å². The average Bonchev–Trinajstić information content (AvgIpc) is 2.46. The van der Waals surface area contributed by atoms with Gasteiger partial charge >= 0.3 is 0 Å². The topological polar surface area (TPSA) is 44.4 Å². The molecule has 1 aliphatic rings. The third kappa shape index (κ3) is 6.22. The Kier molecular flexibility index (Phi) is 9.62. The molecule has 0 bridgehead atoms. The molecule has 1 aromatic rings. The molecule has 1 saturated heterocycles. The molecule has 1 amide bonds. The summed E-state index contributed by atoms with van der Waals surface area (Å²) < 4.78 is 0. The van der Waals surface area contributed by atoms with Crippen molar-refractivity contribution in [2.75, 3.05) is 26.2 Å². The molecule has 120 valence electrons. The monoisotopic (exact) mass is 333 g/mol. The lowest BCUT2D eigenvalue weighted by molar-refractivity contribution is -0.126. The summed E-state index contributed by atoms with van der Waals surface area (Å²) in [6, 6.07) is 8.21. The number of nitrogens with zero attached hydrogens (tertiary/aromatic N) is 1. The van der Waals surface area contributed by atoms with E-state index in [-0.39, 0.29) is 36.8 Å². The number of benzene rings is 1. The second-order valence-electron chi connectivity index (χ2n) is 5.17. The number of carbonyl (C=O) groups is 1. The Balaban J connectivity index is 0.00000200. The van der Waals surface area contributed by atoms with Gasteiger partial charge in [-0.25, -0.2) is 0 Å². The van der Waals surface area contributed by atoms with Gasteiger partial charge in [-0.3, -0.25) is 9.69 Å². The molecule has 21 heavy (non-hydrogen) atoms. The van der Waals surface area contributed by atoms with Gasteiger partial charge in [0.2, 0.25) is 5.91 Å². The Morgan fingerprint density at radius 1 is 1.24 bits per heavy atom. The molecule has 1 aliphatic heterocycles. The summed E-state index contributed by atoms with van der Waals surface area (Å²) in [6.07, 6.45) is 0. The van der Waals surface area contributed by atoms with Crippen molar-refractivity contribution in [1.82, 2.24) is 15.5 Å². The van der Waals surface area contributed by atoms with Crippen LogP contribution in [0.25, 0.3) is 0 Å². The molecule has 1 fully saturated rings. The fraction of sp³-hybridized carbons (Fsp3) is 0.533. The minimum atomic E-state index is -0.0486. The van der Waals surface area contributed by atoms with Gasteiger partial charge in [-0.05, 0) is 19.4 Å². The zero-order valence-corrected chi connectivity index (χ0v) is 14.2. The summed E-state index contributed by atoms with van der Waals surface area (Å²) in [5.74, 6) is 0.113. The number of hydrogen-bond acceptors (Lipinski definition) is 3. The first-order valence-electron chi connectivity index (χ1n) is 6.95. The van der Waals surface area contributed by atoms with E-state index in [0.29, 0.717) is 6.54 Å². The van der Waals surface area contributed by atoms with Crippen LogP contribution in [0.1, 0.15) is 18.1 Å². The third-order valence-corrected chi connectivity index (χ3v) is 3.67. The maximum Gasteiger partial charge on any atom is 0.237 e. The van der Waals surface area contributed by atoms with Crippen molar-refractivity contribution in [2.45, 2.75) is 26.4 Å². The van der Waals surface area contributed by atoms with Gasteiger partial charge in [0.1, 0.15) is 0 Å². The Morgan fingerprint density at radius 3 is 2.38 bits per heavy atom. The number of rotatable bonds is 4. The van der Waals surface area contributed by atoms with Crippen molar-refractivity contribution in [3.63, 3.8) is 0 Å². The van der Waals surface area contributed by atoms with E-state index in [2.05, 4.69) is 46.7 Å². The molecule has 0 saturated carbocycles. The van der Waals surface area contributed by atoms with Crippen LogP contribution >= 0.6 is 24.8 Å². The van der Waals surface area contributed by atoms with Gasteiger partial charge in [-0.1, -0.05) is 29.8 Å². The number of aryl methyl sites for hydroxylation is 1. The van der Waals surface area contributed by atoms with Gasteiger partial charge in [0.25, 0.3) is 0 Å². The molecular formula is C15H25Cl2N3O. The van der Waals surface area contributed by atoms with Gasteiger partial charge < -0.3 is 10.6 Å². The molecule has 1 aromatic carbocycles. The number of amides is 1. The highest BCUT2D eigenvalue weighted by Crippen LogP contribution is 2.04. The van der Waals surface area contributed by atoms with E-state index in [1.807, 2.05) is 6.92 Å². The Bertz CT molecular complexity index is 419. The minimum Gasteiger partial charge on any atom is -0.351 e. The number of nitrogens with one attached hydrogen (secondary N) is 2. The summed E-state index contributed by atoms with van der Waals surface area (Å²) >= 11 is 0. The SMILES string of the molecule is Cc1ccc(CNC(=O)C(C)N2CCNCC2)cc1.Cl.Cl. The number of hydrogen-bond donors (Lipinski definition) is 2. The van der Waals surface area contributed by atoms with Crippen molar-refractivity contribution in [1.29, 1.82) is 0 Å². The molecule has 1 heterocycles. The van der Waals surface area contributed by atoms with Crippen LogP contribution in [-0.4, -0.2) is 43.0 Å². The van der Waals surface area contributed by atoms with E-state index < -0.39 is 0 Å². The molecule has 4 nitrogen and oxygen atoms in total. The second-order valence-corrected chi connectivity index (χ2v) is 5.17. The molecule has 0 spiro atoms. The number of carbonyl (C=O) groups excluding carboxylic acids is 1. The summed E-state index contributed by atoms with van der Waals surface area (Å²) in [5.41, 5.74) is 2.38. The fourth-order valence-electron chi connectivity index (χ4n) is 2.28. The van der Waals surface area contributed by atoms with E-state index in [1.165, 1.54) is 5.56 Å². The highest BCUT2D eigenvalue weighted by molar-refractivity contribution is 5.85. The zero-order chi connectivity index (χ0) is 13.7.